The monoisotopic (exact) mass is 331 g/mol. The summed E-state index contributed by atoms with van der Waals surface area (Å²) in [5.41, 5.74) is 2.68. The SMILES string of the molecule is CCCCCCCNC(=O)c1csc(Nc2ccc(C)cc2)n1. The molecule has 0 atom stereocenters. The van der Waals surface area contributed by atoms with E-state index >= 15 is 0 Å². The van der Waals surface area contributed by atoms with E-state index in [1.54, 1.807) is 5.38 Å². The summed E-state index contributed by atoms with van der Waals surface area (Å²) in [4.78, 5) is 16.4. The van der Waals surface area contributed by atoms with Crippen molar-refractivity contribution in [2.45, 2.75) is 46.0 Å². The van der Waals surface area contributed by atoms with Gasteiger partial charge in [-0.1, -0.05) is 50.3 Å². The van der Waals surface area contributed by atoms with Crippen LogP contribution in [0.4, 0.5) is 10.8 Å². The summed E-state index contributed by atoms with van der Waals surface area (Å²) in [5.74, 6) is -0.0892. The highest BCUT2D eigenvalue weighted by atomic mass is 32.1. The molecule has 5 heteroatoms. The third-order valence-corrected chi connectivity index (χ3v) is 4.36. The Morgan fingerprint density at radius 2 is 1.87 bits per heavy atom. The first-order chi connectivity index (χ1) is 11.2. The maximum atomic E-state index is 12.0. The van der Waals surface area contributed by atoms with E-state index in [9.17, 15) is 4.79 Å². The van der Waals surface area contributed by atoms with Crippen LogP contribution >= 0.6 is 11.3 Å². The van der Waals surface area contributed by atoms with E-state index in [1.807, 2.05) is 24.3 Å². The number of thiazole rings is 1. The zero-order chi connectivity index (χ0) is 16.5. The molecule has 0 aliphatic heterocycles. The van der Waals surface area contributed by atoms with Crippen LogP contribution in [-0.2, 0) is 0 Å². The molecular weight excluding hydrogens is 306 g/mol. The van der Waals surface area contributed by atoms with Gasteiger partial charge in [-0.15, -0.1) is 11.3 Å². The molecule has 2 N–H and O–H groups in total. The Bertz CT molecular complexity index is 607. The number of carbonyl (C=O) groups is 1. The fraction of sp³-hybridized carbons (Fsp3) is 0.444. The number of rotatable bonds is 9. The van der Waals surface area contributed by atoms with Crippen molar-refractivity contribution in [2.24, 2.45) is 0 Å². The first kappa shape index (κ1) is 17.5. The average Bonchev–Trinajstić information content (AvgIpc) is 3.01. The van der Waals surface area contributed by atoms with Gasteiger partial charge >= 0.3 is 0 Å². The minimum atomic E-state index is -0.0892. The van der Waals surface area contributed by atoms with E-state index in [0.29, 0.717) is 5.69 Å². The molecule has 1 aromatic carbocycles. The molecule has 0 aliphatic rings. The highest BCUT2D eigenvalue weighted by Gasteiger charge is 2.10. The molecule has 0 saturated heterocycles. The minimum absolute atomic E-state index is 0.0892. The smallest absolute Gasteiger partial charge is 0.270 e. The second kappa shape index (κ2) is 9.30. The van der Waals surface area contributed by atoms with Crippen molar-refractivity contribution >= 4 is 28.1 Å². The van der Waals surface area contributed by atoms with Crippen LogP contribution in [0.3, 0.4) is 0 Å². The molecule has 2 aromatic rings. The fourth-order valence-corrected chi connectivity index (χ4v) is 2.93. The van der Waals surface area contributed by atoms with Gasteiger partial charge in [-0.25, -0.2) is 4.98 Å². The predicted molar refractivity (Wildman–Crippen MR) is 97.7 cm³/mol. The Balaban J connectivity index is 1.77. The van der Waals surface area contributed by atoms with Gasteiger partial charge in [-0.05, 0) is 25.5 Å². The van der Waals surface area contributed by atoms with Gasteiger partial charge in [0.2, 0.25) is 0 Å². The summed E-state index contributed by atoms with van der Waals surface area (Å²) in [5, 5.41) is 8.69. The van der Waals surface area contributed by atoms with Gasteiger partial charge < -0.3 is 10.6 Å². The second-order valence-corrected chi connectivity index (χ2v) is 6.56. The average molecular weight is 331 g/mol. The topological polar surface area (TPSA) is 54.0 Å². The first-order valence-corrected chi connectivity index (χ1v) is 9.14. The number of nitrogens with one attached hydrogen (secondary N) is 2. The van der Waals surface area contributed by atoms with Crippen LogP contribution in [0.5, 0.6) is 0 Å². The van der Waals surface area contributed by atoms with Crippen molar-refractivity contribution in [1.82, 2.24) is 10.3 Å². The lowest BCUT2D eigenvalue weighted by Crippen LogP contribution is -2.24. The number of carbonyl (C=O) groups excluding carboxylic acids is 1. The number of aromatic nitrogens is 1. The lowest BCUT2D eigenvalue weighted by molar-refractivity contribution is 0.0948. The van der Waals surface area contributed by atoms with E-state index in [-0.39, 0.29) is 5.91 Å². The zero-order valence-electron chi connectivity index (χ0n) is 13.9. The third-order valence-electron chi connectivity index (χ3n) is 3.61. The summed E-state index contributed by atoms with van der Waals surface area (Å²) < 4.78 is 0. The molecule has 0 unspecified atom stereocenters. The van der Waals surface area contributed by atoms with Crippen LogP contribution < -0.4 is 10.6 Å². The Kier molecular flexibility index (Phi) is 7.07. The van der Waals surface area contributed by atoms with Crippen molar-refractivity contribution in [3.8, 4) is 0 Å². The summed E-state index contributed by atoms with van der Waals surface area (Å²) in [7, 11) is 0. The van der Waals surface area contributed by atoms with Crippen molar-refractivity contribution < 1.29 is 4.79 Å². The van der Waals surface area contributed by atoms with Gasteiger partial charge in [0, 0.05) is 17.6 Å². The Morgan fingerprint density at radius 1 is 1.13 bits per heavy atom. The Hall–Kier alpha value is -1.88. The number of aryl methyl sites for hydroxylation is 1. The molecule has 1 amide bonds. The molecule has 0 spiro atoms. The van der Waals surface area contributed by atoms with E-state index in [2.05, 4.69) is 29.5 Å². The number of hydrogen-bond donors (Lipinski definition) is 2. The molecule has 0 saturated carbocycles. The van der Waals surface area contributed by atoms with Gasteiger partial charge in [0.25, 0.3) is 5.91 Å². The zero-order valence-corrected chi connectivity index (χ0v) is 14.7. The van der Waals surface area contributed by atoms with Gasteiger partial charge in [-0.2, -0.15) is 0 Å². The molecule has 0 bridgehead atoms. The van der Waals surface area contributed by atoms with Gasteiger partial charge in [0.1, 0.15) is 5.69 Å². The van der Waals surface area contributed by atoms with Gasteiger partial charge in [0.05, 0.1) is 0 Å². The molecule has 124 valence electrons. The van der Waals surface area contributed by atoms with Gasteiger partial charge in [-0.3, -0.25) is 4.79 Å². The molecule has 1 aromatic heterocycles. The normalized spacial score (nSPS) is 10.5. The molecule has 4 nitrogen and oxygen atoms in total. The standard InChI is InChI=1S/C18H25N3OS/c1-3-4-5-6-7-12-19-17(22)16-13-23-18(21-16)20-15-10-8-14(2)9-11-15/h8-11,13H,3-7,12H2,1-2H3,(H,19,22)(H,20,21). The van der Waals surface area contributed by atoms with E-state index in [0.717, 1.165) is 23.8 Å². The Morgan fingerprint density at radius 3 is 2.61 bits per heavy atom. The lowest BCUT2D eigenvalue weighted by Gasteiger charge is -2.03. The van der Waals surface area contributed by atoms with Crippen LogP contribution in [0, 0.1) is 6.92 Å². The predicted octanol–water partition coefficient (Wildman–Crippen LogP) is 4.90. The maximum absolute atomic E-state index is 12.0. The fourth-order valence-electron chi connectivity index (χ4n) is 2.22. The first-order valence-electron chi connectivity index (χ1n) is 8.26. The summed E-state index contributed by atoms with van der Waals surface area (Å²) in [6.45, 7) is 4.98. The van der Waals surface area contributed by atoms with Crippen LogP contribution in [0.25, 0.3) is 0 Å². The molecule has 2 rings (SSSR count). The molecule has 23 heavy (non-hydrogen) atoms. The van der Waals surface area contributed by atoms with Crippen molar-refractivity contribution in [3.05, 3.63) is 40.9 Å². The van der Waals surface area contributed by atoms with Crippen LogP contribution in [0.1, 0.15) is 55.1 Å². The van der Waals surface area contributed by atoms with Crippen LogP contribution in [-0.4, -0.2) is 17.4 Å². The van der Waals surface area contributed by atoms with Gasteiger partial charge in [0.15, 0.2) is 5.13 Å². The Labute approximate surface area is 142 Å². The van der Waals surface area contributed by atoms with Crippen molar-refractivity contribution in [2.75, 3.05) is 11.9 Å². The largest absolute Gasteiger partial charge is 0.351 e. The summed E-state index contributed by atoms with van der Waals surface area (Å²) in [6, 6.07) is 8.10. The highest BCUT2D eigenvalue weighted by molar-refractivity contribution is 7.14. The second-order valence-electron chi connectivity index (χ2n) is 5.70. The molecular formula is C18H25N3OS. The van der Waals surface area contributed by atoms with E-state index in [1.165, 1.54) is 42.6 Å². The lowest BCUT2D eigenvalue weighted by atomic mass is 10.1. The quantitative estimate of drug-likeness (QED) is 0.643. The van der Waals surface area contributed by atoms with Crippen molar-refractivity contribution in [1.29, 1.82) is 0 Å². The molecule has 0 radical (unpaired) electrons. The number of anilines is 2. The highest BCUT2D eigenvalue weighted by Crippen LogP contribution is 2.21. The van der Waals surface area contributed by atoms with E-state index in [4.69, 9.17) is 0 Å². The minimum Gasteiger partial charge on any atom is -0.351 e. The number of benzene rings is 1. The maximum Gasteiger partial charge on any atom is 0.270 e. The number of amides is 1. The summed E-state index contributed by atoms with van der Waals surface area (Å²) in [6.07, 6.45) is 5.96. The molecule has 0 fully saturated rings. The number of hydrogen-bond acceptors (Lipinski definition) is 4. The van der Waals surface area contributed by atoms with Crippen molar-refractivity contribution in [3.63, 3.8) is 0 Å². The number of nitrogens with zero attached hydrogens (tertiary/aromatic N) is 1. The molecule has 0 aliphatic carbocycles. The van der Waals surface area contributed by atoms with Crippen LogP contribution in [0.15, 0.2) is 29.6 Å². The molecule has 1 heterocycles. The third kappa shape index (κ3) is 6.02. The van der Waals surface area contributed by atoms with Crippen LogP contribution in [0.2, 0.25) is 0 Å². The summed E-state index contributed by atoms with van der Waals surface area (Å²) >= 11 is 1.44. The van der Waals surface area contributed by atoms with E-state index < -0.39 is 0 Å². The number of unbranched alkanes of at least 4 members (excludes halogenated alkanes) is 4.